The van der Waals surface area contributed by atoms with Gasteiger partial charge >= 0.3 is 0 Å². The Morgan fingerprint density at radius 3 is 2.79 bits per heavy atom. The van der Waals surface area contributed by atoms with Crippen molar-refractivity contribution >= 4 is 44.8 Å². The van der Waals surface area contributed by atoms with Gasteiger partial charge in [0.2, 0.25) is 0 Å². The molecule has 0 spiro atoms. The first-order valence-electron chi connectivity index (χ1n) is 11.3. The Labute approximate surface area is 202 Å². The zero-order valence-electron chi connectivity index (χ0n) is 19.0. The van der Waals surface area contributed by atoms with Gasteiger partial charge in [0.25, 0.3) is 0 Å². The summed E-state index contributed by atoms with van der Waals surface area (Å²) in [6, 6.07) is 9.77. The van der Waals surface area contributed by atoms with Crippen LogP contribution in [0, 0.1) is 11.3 Å². The van der Waals surface area contributed by atoms with Crippen molar-refractivity contribution in [2.24, 2.45) is 11.7 Å². The van der Waals surface area contributed by atoms with Gasteiger partial charge in [-0.05, 0) is 30.3 Å². The molecule has 1 aliphatic heterocycles. The van der Waals surface area contributed by atoms with Crippen LogP contribution < -0.4 is 20.7 Å². The molecule has 8 nitrogen and oxygen atoms in total. The first kappa shape index (κ1) is 22.5. The average Bonchev–Trinajstić information content (AvgIpc) is 3.30. The normalized spacial score (nSPS) is 20.3. The highest BCUT2D eigenvalue weighted by molar-refractivity contribution is 7.19. The summed E-state index contributed by atoms with van der Waals surface area (Å²) in [6.45, 7) is 3.62. The van der Waals surface area contributed by atoms with E-state index in [9.17, 15) is 0 Å². The van der Waals surface area contributed by atoms with Crippen LogP contribution in [0.3, 0.4) is 0 Å². The van der Waals surface area contributed by atoms with Crippen LogP contribution in [0.2, 0.25) is 0 Å². The Morgan fingerprint density at radius 2 is 2.06 bits per heavy atom. The number of hydrogen-bond acceptors (Lipinski definition) is 9. The number of nitrogens with two attached hydrogens (primary N) is 1. The van der Waals surface area contributed by atoms with Crippen LogP contribution in [-0.2, 0) is 11.3 Å². The first-order chi connectivity index (χ1) is 16.7. The molecule has 0 amide bonds. The highest BCUT2D eigenvalue weighted by atomic mass is 32.1. The van der Waals surface area contributed by atoms with Crippen LogP contribution in [0.15, 0.2) is 48.6 Å². The quantitative estimate of drug-likeness (QED) is 0.446. The minimum atomic E-state index is -0.254. The van der Waals surface area contributed by atoms with E-state index in [1.165, 1.54) is 11.1 Å². The first-order valence-corrected chi connectivity index (χ1v) is 12.1. The Morgan fingerprint density at radius 1 is 1.26 bits per heavy atom. The molecule has 1 saturated heterocycles. The van der Waals surface area contributed by atoms with Gasteiger partial charge in [0.15, 0.2) is 11.6 Å². The third kappa shape index (κ3) is 4.54. The van der Waals surface area contributed by atoms with E-state index >= 15 is 0 Å². The standard InChI is InChI=1S/C25H28N6O2S/c1-32-17-7-5-16(6-8-17)28-15-18-13-22-23(34-18)25(31-9-11-33-12-10-31)30-24(29-22)19-3-2-4-21(27)20(19)14-26/h2-8,13-14,20-21,26,28H,9-12,15,27H2,1H3/t20?,21-/m0/s1. The van der Waals surface area contributed by atoms with Crippen molar-refractivity contribution in [3.05, 3.63) is 59.3 Å². The molecule has 2 atom stereocenters. The number of aromatic nitrogens is 2. The Balaban J connectivity index is 1.50. The van der Waals surface area contributed by atoms with Crippen LogP contribution in [0.1, 0.15) is 10.7 Å². The molecule has 0 saturated carbocycles. The van der Waals surface area contributed by atoms with Gasteiger partial charge in [-0.2, -0.15) is 0 Å². The van der Waals surface area contributed by atoms with Crippen LogP contribution in [0.25, 0.3) is 15.8 Å². The highest BCUT2D eigenvalue weighted by Crippen LogP contribution is 2.36. The van der Waals surface area contributed by atoms with Crippen LogP contribution in [0.4, 0.5) is 11.5 Å². The number of allylic oxidation sites excluding steroid dienone is 2. The second-order valence-corrected chi connectivity index (χ2v) is 9.39. The largest absolute Gasteiger partial charge is 0.497 e. The molecule has 2 aliphatic rings. The molecule has 4 N–H and O–H groups in total. The molecule has 34 heavy (non-hydrogen) atoms. The van der Waals surface area contributed by atoms with E-state index in [-0.39, 0.29) is 12.0 Å². The van der Waals surface area contributed by atoms with Gasteiger partial charge in [-0.1, -0.05) is 18.2 Å². The molecule has 3 aromatic rings. The number of fused-ring (bicyclic) bond motifs is 1. The lowest BCUT2D eigenvalue weighted by Gasteiger charge is -2.29. The van der Waals surface area contributed by atoms with Crippen molar-refractivity contribution < 1.29 is 9.47 Å². The number of nitrogens with one attached hydrogen (secondary N) is 2. The second-order valence-electron chi connectivity index (χ2n) is 8.26. The molecule has 1 unspecified atom stereocenters. The van der Waals surface area contributed by atoms with Crippen molar-refractivity contribution in [1.29, 1.82) is 5.41 Å². The molecule has 0 radical (unpaired) electrons. The zero-order chi connectivity index (χ0) is 23.5. The SMILES string of the molecule is COc1ccc(NCc2cc3nc(C4=CC=C[C@H](N)C4C=N)nc(N4CCOCC4)c3s2)cc1. The van der Waals surface area contributed by atoms with Gasteiger partial charge in [0, 0.05) is 53.9 Å². The lowest BCUT2D eigenvalue weighted by Crippen LogP contribution is -2.37. The maximum absolute atomic E-state index is 7.91. The maximum atomic E-state index is 7.91. The minimum Gasteiger partial charge on any atom is -0.497 e. The number of hydrogen-bond donors (Lipinski definition) is 3. The van der Waals surface area contributed by atoms with E-state index in [1.54, 1.807) is 18.4 Å². The smallest absolute Gasteiger partial charge is 0.158 e. The number of benzene rings is 1. The summed E-state index contributed by atoms with van der Waals surface area (Å²) in [5.74, 6) is 2.15. The van der Waals surface area contributed by atoms with E-state index in [2.05, 4.69) is 16.3 Å². The average molecular weight is 477 g/mol. The minimum absolute atomic E-state index is 0.241. The molecular formula is C25H28N6O2S. The van der Waals surface area contributed by atoms with Crippen molar-refractivity contribution in [2.45, 2.75) is 12.6 Å². The number of nitrogens with zero attached hydrogens (tertiary/aromatic N) is 3. The molecule has 176 valence electrons. The Hall–Kier alpha value is -3.27. The molecule has 1 aromatic carbocycles. The molecule has 0 bridgehead atoms. The van der Waals surface area contributed by atoms with Crippen molar-refractivity contribution in [2.75, 3.05) is 43.6 Å². The van der Waals surface area contributed by atoms with Gasteiger partial charge in [-0.3, -0.25) is 0 Å². The molecule has 1 aliphatic carbocycles. The lowest BCUT2D eigenvalue weighted by atomic mass is 9.88. The number of morpholine rings is 1. The fourth-order valence-electron chi connectivity index (χ4n) is 4.22. The molecule has 5 rings (SSSR count). The number of anilines is 2. The third-order valence-corrected chi connectivity index (χ3v) is 7.21. The van der Waals surface area contributed by atoms with E-state index in [0.717, 1.165) is 46.1 Å². The third-order valence-electron chi connectivity index (χ3n) is 6.09. The Kier molecular flexibility index (Phi) is 6.57. The van der Waals surface area contributed by atoms with Gasteiger partial charge in [-0.15, -0.1) is 11.3 Å². The highest BCUT2D eigenvalue weighted by Gasteiger charge is 2.26. The van der Waals surface area contributed by atoms with Gasteiger partial charge in [0.05, 0.1) is 30.5 Å². The predicted octanol–water partition coefficient (Wildman–Crippen LogP) is 3.69. The molecule has 9 heteroatoms. The predicted molar refractivity (Wildman–Crippen MR) is 138 cm³/mol. The lowest BCUT2D eigenvalue weighted by molar-refractivity contribution is 0.122. The zero-order valence-corrected chi connectivity index (χ0v) is 19.8. The number of thiophene rings is 1. The summed E-state index contributed by atoms with van der Waals surface area (Å²) >= 11 is 1.71. The van der Waals surface area contributed by atoms with Crippen molar-refractivity contribution in [1.82, 2.24) is 9.97 Å². The summed E-state index contributed by atoms with van der Waals surface area (Å²) in [5.41, 5.74) is 9.07. The molecular weight excluding hydrogens is 448 g/mol. The number of methoxy groups -OCH3 is 1. The molecule has 1 fully saturated rings. The molecule has 3 heterocycles. The summed E-state index contributed by atoms with van der Waals surface area (Å²) in [5, 5.41) is 11.4. The fraction of sp³-hybridized carbons (Fsp3) is 0.320. The fourth-order valence-corrected chi connectivity index (χ4v) is 5.27. The van der Waals surface area contributed by atoms with Crippen LogP contribution >= 0.6 is 11.3 Å². The maximum Gasteiger partial charge on any atom is 0.158 e. The summed E-state index contributed by atoms with van der Waals surface area (Å²) in [6.07, 6.45) is 7.20. The topological polar surface area (TPSA) is 109 Å². The number of ether oxygens (including phenoxy) is 2. The van der Waals surface area contributed by atoms with Gasteiger partial charge < -0.3 is 30.8 Å². The summed E-state index contributed by atoms with van der Waals surface area (Å²) in [7, 11) is 1.67. The second kappa shape index (κ2) is 9.92. The van der Waals surface area contributed by atoms with Gasteiger partial charge in [0.1, 0.15) is 5.75 Å². The monoisotopic (exact) mass is 476 g/mol. The van der Waals surface area contributed by atoms with Crippen molar-refractivity contribution in [3.63, 3.8) is 0 Å². The summed E-state index contributed by atoms with van der Waals surface area (Å²) < 4.78 is 11.9. The Bertz CT molecular complexity index is 1230. The van der Waals surface area contributed by atoms with E-state index in [0.29, 0.717) is 25.6 Å². The molecule has 2 aromatic heterocycles. The van der Waals surface area contributed by atoms with E-state index in [4.69, 9.17) is 30.6 Å². The van der Waals surface area contributed by atoms with Gasteiger partial charge in [-0.25, -0.2) is 9.97 Å². The van der Waals surface area contributed by atoms with E-state index < -0.39 is 0 Å². The van der Waals surface area contributed by atoms with Crippen LogP contribution in [-0.4, -0.2) is 55.6 Å². The van der Waals surface area contributed by atoms with E-state index in [1.807, 2.05) is 42.5 Å². The number of rotatable bonds is 7. The van der Waals surface area contributed by atoms with Crippen LogP contribution in [0.5, 0.6) is 5.75 Å². The van der Waals surface area contributed by atoms with Crippen molar-refractivity contribution in [3.8, 4) is 5.75 Å². The summed E-state index contributed by atoms with van der Waals surface area (Å²) in [4.78, 5) is 13.4.